The summed E-state index contributed by atoms with van der Waals surface area (Å²) in [5.74, 6) is -0.0603. The van der Waals surface area contributed by atoms with Gasteiger partial charge in [-0.1, -0.05) is 0 Å². The summed E-state index contributed by atoms with van der Waals surface area (Å²) in [4.78, 5) is 22.7. The highest BCUT2D eigenvalue weighted by atomic mass is 16.5. The Hall–Kier alpha value is -1.63. The van der Waals surface area contributed by atoms with E-state index in [1.165, 1.54) is 14.1 Å². The van der Waals surface area contributed by atoms with Crippen molar-refractivity contribution in [3.63, 3.8) is 0 Å². The second kappa shape index (κ2) is 4.74. The number of nitrogens with one attached hydrogen (secondary N) is 1. The summed E-state index contributed by atoms with van der Waals surface area (Å²) in [6, 6.07) is 0. The van der Waals surface area contributed by atoms with Crippen LogP contribution in [-0.2, 0) is 14.1 Å². The molecule has 0 aromatic carbocycles. The number of hydrogen-bond donors (Lipinski definition) is 1. The molecular formula is C8H14N4O3. The second-order valence-corrected chi connectivity index (χ2v) is 3.03. The zero-order valence-electron chi connectivity index (χ0n) is 8.98. The Morgan fingerprint density at radius 3 is 2.67 bits per heavy atom. The summed E-state index contributed by atoms with van der Waals surface area (Å²) in [7, 11) is 4.62. The van der Waals surface area contributed by atoms with Gasteiger partial charge in [0.15, 0.2) is 0 Å². The van der Waals surface area contributed by atoms with Gasteiger partial charge >= 0.3 is 11.2 Å². The number of nitrogens with zero attached hydrogens (tertiary/aromatic N) is 3. The minimum absolute atomic E-state index is 0.0603. The van der Waals surface area contributed by atoms with Gasteiger partial charge in [-0.05, 0) is 7.05 Å². The number of likely N-dealkylation sites (N-methyl/N-ethyl adjacent to an activating group) is 1. The molecule has 15 heavy (non-hydrogen) atoms. The van der Waals surface area contributed by atoms with Crippen molar-refractivity contribution in [3.8, 4) is 5.88 Å². The Balaban J connectivity index is 3.00. The quantitative estimate of drug-likeness (QED) is 0.591. The third-order valence-electron chi connectivity index (χ3n) is 1.88. The largest absolute Gasteiger partial charge is 0.471 e. The van der Waals surface area contributed by atoms with Crippen LogP contribution in [0.1, 0.15) is 0 Å². The van der Waals surface area contributed by atoms with Gasteiger partial charge in [-0.25, -0.2) is 9.48 Å². The van der Waals surface area contributed by atoms with E-state index in [-0.39, 0.29) is 5.88 Å². The monoisotopic (exact) mass is 214 g/mol. The molecule has 0 saturated heterocycles. The van der Waals surface area contributed by atoms with Crippen LogP contribution >= 0.6 is 0 Å². The van der Waals surface area contributed by atoms with Crippen LogP contribution in [0.3, 0.4) is 0 Å². The number of aromatic nitrogens is 3. The van der Waals surface area contributed by atoms with Gasteiger partial charge in [0.05, 0.1) is 0 Å². The number of rotatable bonds is 4. The first-order valence-electron chi connectivity index (χ1n) is 4.49. The van der Waals surface area contributed by atoms with Crippen molar-refractivity contribution < 1.29 is 4.74 Å². The van der Waals surface area contributed by atoms with Crippen molar-refractivity contribution in [1.29, 1.82) is 0 Å². The van der Waals surface area contributed by atoms with E-state index in [4.69, 9.17) is 4.74 Å². The van der Waals surface area contributed by atoms with Gasteiger partial charge in [0.25, 0.3) is 5.88 Å². The first kappa shape index (κ1) is 11.4. The Morgan fingerprint density at radius 2 is 2.07 bits per heavy atom. The molecule has 0 spiro atoms. The van der Waals surface area contributed by atoms with E-state index in [2.05, 4.69) is 10.4 Å². The highest BCUT2D eigenvalue weighted by Gasteiger charge is 2.08. The molecule has 0 aliphatic rings. The molecule has 1 aromatic heterocycles. The Labute approximate surface area is 86.3 Å². The van der Waals surface area contributed by atoms with Crippen LogP contribution in [0, 0.1) is 0 Å². The average molecular weight is 214 g/mol. The molecule has 0 fully saturated rings. The first-order valence-corrected chi connectivity index (χ1v) is 4.49. The van der Waals surface area contributed by atoms with Crippen molar-refractivity contribution in [2.75, 3.05) is 20.2 Å². The molecule has 0 atom stereocenters. The van der Waals surface area contributed by atoms with Crippen molar-refractivity contribution in [2.24, 2.45) is 14.1 Å². The fraction of sp³-hybridized carbons (Fsp3) is 0.625. The lowest BCUT2D eigenvalue weighted by molar-refractivity contribution is 0.287. The lowest BCUT2D eigenvalue weighted by Crippen LogP contribution is -2.39. The van der Waals surface area contributed by atoms with Crippen molar-refractivity contribution in [2.45, 2.75) is 0 Å². The zero-order chi connectivity index (χ0) is 11.4. The van der Waals surface area contributed by atoms with E-state index < -0.39 is 11.2 Å². The van der Waals surface area contributed by atoms with E-state index in [1.807, 2.05) is 0 Å². The van der Waals surface area contributed by atoms with Crippen LogP contribution in [0.5, 0.6) is 5.88 Å². The minimum Gasteiger partial charge on any atom is -0.471 e. The molecule has 1 heterocycles. The van der Waals surface area contributed by atoms with Crippen molar-refractivity contribution in [1.82, 2.24) is 19.7 Å². The molecule has 1 aromatic rings. The minimum atomic E-state index is -0.519. The van der Waals surface area contributed by atoms with Crippen LogP contribution in [0.2, 0.25) is 0 Å². The highest BCUT2D eigenvalue weighted by Crippen LogP contribution is 1.91. The molecule has 1 N–H and O–H groups in total. The average Bonchev–Trinajstić information content (AvgIpc) is 2.23. The fourth-order valence-corrected chi connectivity index (χ4v) is 1.01. The molecule has 0 aliphatic heterocycles. The maximum Gasteiger partial charge on any atom is 0.347 e. The Morgan fingerprint density at radius 1 is 1.40 bits per heavy atom. The normalized spacial score (nSPS) is 10.3. The number of ether oxygens (including phenoxy) is 1. The molecule has 0 bridgehead atoms. The molecule has 0 radical (unpaired) electrons. The van der Waals surface area contributed by atoms with Crippen LogP contribution in [0.25, 0.3) is 0 Å². The maximum atomic E-state index is 11.5. The molecule has 84 valence electrons. The van der Waals surface area contributed by atoms with Crippen molar-refractivity contribution >= 4 is 0 Å². The first-order chi connectivity index (χ1) is 7.07. The molecule has 1 rings (SSSR count). The predicted octanol–water partition coefficient (Wildman–Crippen LogP) is -1.92. The van der Waals surface area contributed by atoms with E-state index in [1.54, 1.807) is 7.05 Å². The Kier molecular flexibility index (Phi) is 3.62. The molecule has 0 amide bonds. The number of aryl methyl sites for hydroxylation is 1. The van der Waals surface area contributed by atoms with Gasteiger partial charge < -0.3 is 10.1 Å². The van der Waals surface area contributed by atoms with Crippen LogP contribution in [0.15, 0.2) is 9.59 Å². The number of hydrogen-bond acceptors (Lipinski definition) is 5. The smallest absolute Gasteiger partial charge is 0.347 e. The van der Waals surface area contributed by atoms with E-state index >= 15 is 0 Å². The lowest BCUT2D eigenvalue weighted by atomic mass is 10.6. The second-order valence-electron chi connectivity index (χ2n) is 3.03. The summed E-state index contributed by atoms with van der Waals surface area (Å²) >= 11 is 0. The third kappa shape index (κ3) is 2.44. The zero-order valence-corrected chi connectivity index (χ0v) is 8.98. The summed E-state index contributed by atoms with van der Waals surface area (Å²) in [5.41, 5.74) is -0.991. The molecule has 7 nitrogen and oxygen atoms in total. The molecular weight excluding hydrogens is 200 g/mol. The van der Waals surface area contributed by atoms with Gasteiger partial charge in [0.1, 0.15) is 6.61 Å². The van der Waals surface area contributed by atoms with Crippen LogP contribution < -0.4 is 21.3 Å². The highest BCUT2D eigenvalue weighted by molar-refractivity contribution is 5.01. The Bertz CT molecular complexity index is 448. The van der Waals surface area contributed by atoms with Crippen molar-refractivity contribution in [3.05, 3.63) is 20.8 Å². The fourth-order valence-electron chi connectivity index (χ4n) is 1.01. The summed E-state index contributed by atoms with van der Waals surface area (Å²) in [5, 5.41) is 6.59. The van der Waals surface area contributed by atoms with Gasteiger partial charge in [-0.3, -0.25) is 9.36 Å². The van der Waals surface area contributed by atoms with E-state index in [9.17, 15) is 9.59 Å². The van der Waals surface area contributed by atoms with Gasteiger partial charge in [-0.2, -0.15) is 0 Å². The lowest BCUT2D eigenvalue weighted by Gasteiger charge is -2.06. The van der Waals surface area contributed by atoms with Gasteiger partial charge in [0.2, 0.25) is 0 Å². The standard InChI is InChI=1S/C8H14N4O3/c1-9-4-5-15-6-7(13)11(2)8(14)12(3)10-6/h9H,4-5H2,1-3H3. The molecule has 0 unspecified atom stereocenters. The SMILES string of the molecule is CNCCOc1nn(C)c(=O)n(C)c1=O. The van der Waals surface area contributed by atoms with Gasteiger partial charge in [0, 0.05) is 20.6 Å². The van der Waals surface area contributed by atoms with Crippen LogP contribution in [0.4, 0.5) is 0 Å². The van der Waals surface area contributed by atoms with E-state index in [0.717, 1.165) is 9.25 Å². The summed E-state index contributed by atoms with van der Waals surface area (Å²) < 4.78 is 7.15. The molecule has 7 heteroatoms. The third-order valence-corrected chi connectivity index (χ3v) is 1.88. The van der Waals surface area contributed by atoms with Gasteiger partial charge in [-0.15, -0.1) is 5.10 Å². The molecule has 0 saturated carbocycles. The maximum absolute atomic E-state index is 11.5. The topological polar surface area (TPSA) is 78.2 Å². The van der Waals surface area contributed by atoms with E-state index in [0.29, 0.717) is 13.2 Å². The molecule has 0 aliphatic carbocycles. The summed E-state index contributed by atoms with van der Waals surface area (Å²) in [6.45, 7) is 0.935. The predicted molar refractivity (Wildman–Crippen MR) is 54.1 cm³/mol. The van der Waals surface area contributed by atoms with Crippen LogP contribution in [-0.4, -0.2) is 34.5 Å². The summed E-state index contributed by atoms with van der Waals surface area (Å²) in [6.07, 6.45) is 0.